The van der Waals surface area contributed by atoms with E-state index >= 15 is 0 Å². The largest absolute Gasteiger partial charge is 0.478 e. The second-order valence-electron chi connectivity index (χ2n) is 12.0. The van der Waals surface area contributed by atoms with Gasteiger partial charge in [0.2, 0.25) is 5.91 Å². The number of aromatic nitrogens is 2. The van der Waals surface area contributed by atoms with Gasteiger partial charge in [-0.3, -0.25) is 14.7 Å². The Hall–Kier alpha value is -4.54. The molecule has 44 heavy (non-hydrogen) atoms. The van der Waals surface area contributed by atoms with E-state index in [1.807, 2.05) is 42.3 Å². The maximum atomic E-state index is 13.7. The third kappa shape index (κ3) is 7.15. The van der Waals surface area contributed by atoms with E-state index in [9.17, 15) is 19.5 Å². The van der Waals surface area contributed by atoms with Crippen LogP contribution in [0.15, 0.2) is 60.9 Å². The van der Waals surface area contributed by atoms with Crippen molar-refractivity contribution in [1.29, 1.82) is 0 Å². The van der Waals surface area contributed by atoms with E-state index in [4.69, 9.17) is 4.74 Å². The summed E-state index contributed by atoms with van der Waals surface area (Å²) in [5, 5.41) is 16.1. The summed E-state index contributed by atoms with van der Waals surface area (Å²) in [4.78, 5) is 45.3. The Labute approximate surface area is 258 Å². The van der Waals surface area contributed by atoms with Crippen molar-refractivity contribution in [3.8, 4) is 16.9 Å². The molecule has 1 atom stereocenters. The smallest absolute Gasteiger partial charge is 0.407 e. The fraction of sp³-hybridized carbons (Fsp3) is 0.455. The quantitative estimate of drug-likeness (QED) is 0.374. The summed E-state index contributed by atoms with van der Waals surface area (Å²) in [7, 11) is 0. The summed E-state index contributed by atoms with van der Waals surface area (Å²) in [6.07, 6.45) is 4.44. The van der Waals surface area contributed by atoms with Gasteiger partial charge in [0, 0.05) is 75.9 Å². The summed E-state index contributed by atoms with van der Waals surface area (Å²) in [5.74, 6) is 0.457. The van der Waals surface area contributed by atoms with Crippen molar-refractivity contribution in [3.05, 3.63) is 66.5 Å². The van der Waals surface area contributed by atoms with Gasteiger partial charge >= 0.3 is 6.09 Å². The first-order chi connectivity index (χ1) is 21.1. The lowest BCUT2D eigenvalue weighted by atomic mass is 9.95. The molecule has 2 aliphatic heterocycles. The molecule has 2 aliphatic rings. The zero-order valence-corrected chi connectivity index (χ0v) is 25.7. The lowest BCUT2D eigenvalue weighted by Gasteiger charge is -2.38. The van der Waals surface area contributed by atoms with E-state index in [0.29, 0.717) is 38.5 Å². The van der Waals surface area contributed by atoms with Crippen molar-refractivity contribution in [2.24, 2.45) is 5.92 Å². The zero-order valence-electron chi connectivity index (χ0n) is 25.7. The number of hydrogen-bond acceptors (Lipinski definition) is 6. The van der Waals surface area contributed by atoms with E-state index in [-0.39, 0.29) is 30.8 Å². The number of H-pyrrole nitrogens is 1. The molecule has 2 aromatic carbocycles. The van der Waals surface area contributed by atoms with Crippen LogP contribution >= 0.6 is 0 Å². The van der Waals surface area contributed by atoms with Crippen LogP contribution < -0.4 is 9.64 Å². The molecular weight excluding hydrogens is 560 g/mol. The van der Waals surface area contributed by atoms with Crippen LogP contribution in [0, 0.1) is 5.92 Å². The van der Waals surface area contributed by atoms with Gasteiger partial charge in [-0.15, -0.1) is 0 Å². The van der Waals surface area contributed by atoms with Gasteiger partial charge in [-0.05, 0) is 56.9 Å². The Morgan fingerprint density at radius 1 is 1.02 bits per heavy atom. The van der Waals surface area contributed by atoms with Crippen LogP contribution in [0.5, 0.6) is 5.75 Å². The highest BCUT2D eigenvalue weighted by Crippen LogP contribution is 2.30. The molecule has 11 nitrogen and oxygen atoms in total. The first-order valence-electron chi connectivity index (χ1n) is 15.3. The number of ether oxygens (including phenoxy) is 1. The van der Waals surface area contributed by atoms with Crippen LogP contribution in [-0.4, -0.2) is 99.3 Å². The number of carboxylic acid groups (broad SMARTS) is 1. The molecule has 11 heteroatoms. The predicted molar refractivity (Wildman–Crippen MR) is 167 cm³/mol. The molecule has 0 bridgehead atoms. The van der Waals surface area contributed by atoms with Crippen LogP contribution in [0.4, 0.5) is 10.5 Å². The minimum Gasteiger partial charge on any atom is -0.478 e. The number of nitrogens with one attached hydrogen (secondary N) is 1. The molecule has 1 aromatic heterocycles. The molecule has 0 saturated carbocycles. The Balaban J connectivity index is 1.19. The molecule has 234 valence electrons. The Morgan fingerprint density at radius 3 is 2.41 bits per heavy atom. The first-order valence-corrected chi connectivity index (χ1v) is 15.3. The molecule has 3 aromatic rings. The maximum absolute atomic E-state index is 13.7. The summed E-state index contributed by atoms with van der Waals surface area (Å²) < 4.78 is 6.22. The summed E-state index contributed by atoms with van der Waals surface area (Å²) in [6, 6.07) is 16.0. The molecule has 0 radical (unpaired) electrons. The number of carbonyl (C=O) groups excluding carboxylic acids is 2. The molecule has 0 spiro atoms. The van der Waals surface area contributed by atoms with E-state index < -0.39 is 11.7 Å². The highest BCUT2D eigenvalue weighted by atomic mass is 16.5. The average molecular weight is 603 g/mol. The monoisotopic (exact) mass is 602 g/mol. The molecule has 2 saturated heterocycles. The number of rotatable bonds is 9. The number of piperidine rings is 1. The summed E-state index contributed by atoms with van der Waals surface area (Å²) in [6.45, 7) is 9.42. The Kier molecular flexibility index (Phi) is 9.41. The maximum Gasteiger partial charge on any atom is 0.407 e. The second-order valence-corrected chi connectivity index (χ2v) is 12.0. The van der Waals surface area contributed by atoms with E-state index in [0.717, 1.165) is 41.8 Å². The molecule has 5 rings (SSSR count). The van der Waals surface area contributed by atoms with Crippen LogP contribution in [0.2, 0.25) is 0 Å². The lowest BCUT2D eigenvalue weighted by molar-refractivity contribution is -0.147. The Morgan fingerprint density at radius 2 is 1.75 bits per heavy atom. The Bertz CT molecular complexity index is 1430. The van der Waals surface area contributed by atoms with Crippen molar-refractivity contribution >= 4 is 23.6 Å². The molecular formula is C33H42N6O5. The molecule has 3 amide bonds. The summed E-state index contributed by atoms with van der Waals surface area (Å²) >= 11 is 0. The zero-order chi connectivity index (χ0) is 31.3. The molecule has 0 aliphatic carbocycles. The number of anilines is 1. The topological polar surface area (TPSA) is 122 Å². The van der Waals surface area contributed by atoms with Crippen LogP contribution in [0.3, 0.4) is 0 Å². The van der Waals surface area contributed by atoms with Gasteiger partial charge in [0.05, 0.1) is 12.1 Å². The van der Waals surface area contributed by atoms with Crippen LogP contribution in [0.25, 0.3) is 11.1 Å². The molecule has 0 unspecified atom stereocenters. The van der Waals surface area contributed by atoms with Gasteiger partial charge in [0.1, 0.15) is 5.75 Å². The van der Waals surface area contributed by atoms with Gasteiger partial charge in [-0.2, -0.15) is 5.10 Å². The number of amides is 3. The van der Waals surface area contributed by atoms with Crippen molar-refractivity contribution < 1.29 is 24.2 Å². The number of nitrogens with zero attached hydrogens (tertiary/aromatic N) is 5. The third-order valence-corrected chi connectivity index (χ3v) is 8.53. The highest BCUT2D eigenvalue weighted by molar-refractivity contribution is 5.85. The number of carbonyl (C=O) groups is 3. The molecule has 3 heterocycles. The number of hydrogen-bond donors (Lipinski definition) is 2. The number of benzene rings is 2. The fourth-order valence-corrected chi connectivity index (χ4v) is 6.01. The van der Waals surface area contributed by atoms with Crippen molar-refractivity contribution in [2.75, 3.05) is 50.7 Å². The van der Waals surface area contributed by atoms with E-state index in [1.165, 1.54) is 4.90 Å². The second kappa shape index (κ2) is 13.4. The van der Waals surface area contributed by atoms with Gasteiger partial charge < -0.3 is 29.4 Å². The fourth-order valence-electron chi connectivity index (χ4n) is 6.01. The minimum atomic E-state index is -1.12. The van der Waals surface area contributed by atoms with Gasteiger partial charge in [0.25, 0.3) is 5.91 Å². The first kappa shape index (κ1) is 30.9. The van der Waals surface area contributed by atoms with Crippen molar-refractivity contribution in [2.45, 2.75) is 45.8 Å². The van der Waals surface area contributed by atoms with Crippen molar-refractivity contribution in [1.82, 2.24) is 24.9 Å². The van der Waals surface area contributed by atoms with Crippen LogP contribution in [0.1, 0.15) is 39.2 Å². The van der Waals surface area contributed by atoms with Crippen molar-refractivity contribution in [3.63, 3.8) is 0 Å². The molecule has 2 fully saturated rings. The molecule has 2 N–H and O–H groups in total. The SMILES string of the molecule is CCN(Cc1ccc(-c2cn[nH]c2)cc1)C(=O)[C@@H]1CCCN(c2cccc(OC(C)(C)C(=O)N3CCN(C(=O)O)CC3)c2)C1. The number of aromatic amines is 1. The summed E-state index contributed by atoms with van der Waals surface area (Å²) in [5.41, 5.74) is 3.03. The third-order valence-electron chi connectivity index (χ3n) is 8.53. The number of piperazine rings is 1. The van der Waals surface area contributed by atoms with E-state index in [1.54, 1.807) is 24.9 Å². The van der Waals surface area contributed by atoms with Gasteiger partial charge in [0.15, 0.2) is 5.60 Å². The average Bonchev–Trinajstić information content (AvgIpc) is 3.58. The van der Waals surface area contributed by atoms with Gasteiger partial charge in [-0.1, -0.05) is 30.3 Å². The highest BCUT2D eigenvalue weighted by Gasteiger charge is 2.36. The normalized spacial score (nSPS) is 17.3. The lowest BCUT2D eigenvalue weighted by Crippen LogP contribution is -2.56. The van der Waals surface area contributed by atoms with Crippen LogP contribution in [-0.2, 0) is 16.1 Å². The van der Waals surface area contributed by atoms with E-state index in [2.05, 4.69) is 39.4 Å². The van der Waals surface area contributed by atoms with Gasteiger partial charge in [-0.25, -0.2) is 4.79 Å². The standard InChI is InChI=1S/C33H42N6O5/c1-4-36(22-24-10-12-25(13-11-24)27-20-34-35-21-27)30(40)26-7-6-14-39(23-26)28-8-5-9-29(19-28)44-33(2,3)31(41)37-15-17-38(18-16-37)32(42)43/h5,8-13,19-21,26H,4,6-7,14-18,22-23H2,1-3H3,(H,34,35)(H,42,43)/t26-/m1/s1. The minimum absolute atomic E-state index is 0.110. The predicted octanol–water partition coefficient (Wildman–Crippen LogP) is 4.32.